The van der Waals surface area contributed by atoms with E-state index in [2.05, 4.69) is 27.5 Å². The number of hydrogen-bond acceptors (Lipinski definition) is 10. The summed E-state index contributed by atoms with van der Waals surface area (Å²) in [5.41, 5.74) is -0.765. The van der Waals surface area contributed by atoms with Crippen LogP contribution in [-0.4, -0.2) is 45.1 Å². The second-order valence-electron chi connectivity index (χ2n) is 9.43. The van der Waals surface area contributed by atoms with Gasteiger partial charge in [-0.05, 0) is 31.2 Å². The van der Waals surface area contributed by atoms with Crippen molar-refractivity contribution in [1.82, 2.24) is 14.9 Å². The van der Waals surface area contributed by atoms with Gasteiger partial charge in [0.15, 0.2) is 11.4 Å². The first-order chi connectivity index (χ1) is 16.6. The topological polar surface area (TPSA) is 145 Å². The molecule has 3 aromatic rings. The molecule has 0 bridgehead atoms. The number of aromatic nitrogens is 2. The third kappa shape index (κ3) is 4.41. The van der Waals surface area contributed by atoms with Gasteiger partial charge in [0.1, 0.15) is 16.4 Å². The summed E-state index contributed by atoms with van der Waals surface area (Å²) in [4.78, 5) is 48.3. The normalized spacial score (nSPS) is 15.8. The van der Waals surface area contributed by atoms with Crippen molar-refractivity contribution in [1.29, 1.82) is 0 Å². The van der Waals surface area contributed by atoms with Gasteiger partial charge in [-0.15, -0.1) is 11.3 Å². The summed E-state index contributed by atoms with van der Waals surface area (Å²) >= 11 is 1.41. The fourth-order valence-corrected chi connectivity index (χ4v) is 5.53. The van der Waals surface area contributed by atoms with Gasteiger partial charge in [-0.3, -0.25) is 14.4 Å². The quantitative estimate of drug-likeness (QED) is 0.344. The Kier molecular flexibility index (Phi) is 6.65. The monoisotopic (exact) mass is 499 g/mol. The molecule has 10 nitrogen and oxygen atoms in total. The Morgan fingerprint density at radius 3 is 2.49 bits per heavy atom. The highest BCUT2D eigenvalue weighted by Gasteiger charge is 2.41. The van der Waals surface area contributed by atoms with E-state index in [1.165, 1.54) is 42.6 Å². The van der Waals surface area contributed by atoms with Crippen LogP contribution in [0.1, 0.15) is 64.7 Å². The van der Waals surface area contributed by atoms with Crippen molar-refractivity contribution in [3.8, 4) is 5.75 Å². The number of rotatable bonds is 8. The fraction of sp³-hybridized carbons (Fsp3) is 0.458. The molecule has 1 unspecified atom stereocenters. The van der Waals surface area contributed by atoms with Gasteiger partial charge in [-0.25, -0.2) is 9.97 Å². The molecule has 1 aromatic carbocycles. The Morgan fingerprint density at radius 2 is 1.89 bits per heavy atom. The first-order valence-corrected chi connectivity index (χ1v) is 12.2. The van der Waals surface area contributed by atoms with E-state index in [4.69, 9.17) is 0 Å². The highest BCUT2D eigenvalue weighted by atomic mass is 32.1. The number of aliphatic hydroxyl groups is 1. The number of thiazole rings is 1. The molecule has 1 atom stereocenters. The summed E-state index contributed by atoms with van der Waals surface area (Å²) in [5, 5.41) is 26.9. The molecule has 35 heavy (non-hydrogen) atoms. The second kappa shape index (κ2) is 9.38. The molecule has 0 saturated heterocycles. The summed E-state index contributed by atoms with van der Waals surface area (Å²) in [6, 6.07) is 1.08. The highest BCUT2D eigenvalue weighted by molar-refractivity contribution is 7.11. The smallest absolute Gasteiger partial charge is 0.275 e. The Labute approximate surface area is 206 Å². The summed E-state index contributed by atoms with van der Waals surface area (Å²) in [7, 11) is 3.07. The van der Waals surface area contributed by atoms with Crippen molar-refractivity contribution in [3.63, 3.8) is 0 Å². The van der Waals surface area contributed by atoms with Crippen molar-refractivity contribution in [3.05, 3.63) is 54.0 Å². The molecule has 1 aliphatic rings. The van der Waals surface area contributed by atoms with E-state index in [-0.39, 0.29) is 40.8 Å². The van der Waals surface area contributed by atoms with E-state index in [1.54, 1.807) is 0 Å². The van der Waals surface area contributed by atoms with Gasteiger partial charge in [-0.2, -0.15) is 0 Å². The van der Waals surface area contributed by atoms with Crippen LogP contribution in [0.3, 0.4) is 0 Å². The first-order valence-electron chi connectivity index (χ1n) is 11.4. The van der Waals surface area contributed by atoms with Crippen LogP contribution in [0.25, 0.3) is 0 Å². The van der Waals surface area contributed by atoms with Gasteiger partial charge < -0.3 is 25.7 Å². The largest absolute Gasteiger partial charge is 0.504 e. The van der Waals surface area contributed by atoms with Crippen molar-refractivity contribution in [2.45, 2.75) is 52.2 Å². The minimum atomic E-state index is -0.717. The van der Waals surface area contributed by atoms with Crippen LogP contribution in [0, 0.1) is 12.3 Å². The van der Waals surface area contributed by atoms with Gasteiger partial charge in [0.05, 0.1) is 24.0 Å². The Hall–Kier alpha value is -3.31. The number of aromatic hydroxyl groups is 1. The number of hydrogen-bond donors (Lipinski definition) is 4. The molecule has 11 heteroatoms. The lowest BCUT2D eigenvalue weighted by atomic mass is 9.78. The molecule has 0 aliphatic heterocycles. The van der Waals surface area contributed by atoms with E-state index in [9.17, 15) is 24.6 Å². The molecule has 0 radical (unpaired) electrons. The third-order valence-corrected chi connectivity index (χ3v) is 7.69. The summed E-state index contributed by atoms with van der Waals surface area (Å²) < 4.78 is 0. The maximum Gasteiger partial charge on any atom is 0.275 e. The Bertz CT molecular complexity index is 1330. The molecule has 2 aromatic heterocycles. The average Bonchev–Trinajstić information content (AvgIpc) is 3.44. The third-order valence-electron chi connectivity index (χ3n) is 6.72. The van der Waals surface area contributed by atoms with Crippen LogP contribution in [0.4, 0.5) is 17.1 Å². The predicted molar refractivity (Wildman–Crippen MR) is 134 cm³/mol. The zero-order chi connectivity index (χ0) is 25.5. The maximum absolute atomic E-state index is 12.6. The average molecular weight is 500 g/mol. The first kappa shape index (κ1) is 24.8. The number of carbonyl (C=O) groups excluding carboxylic acids is 1. The van der Waals surface area contributed by atoms with Gasteiger partial charge in [0.2, 0.25) is 0 Å². The van der Waals surface area contributed by atoms with Crippen molar-refractivity contribution >= 4 is 34.3 Å². The van der Waals surface area contributed by atoms with Gasteiger partial charge in [-0.1, -0.05) is 19.8 Å². The van der Waals surface area contributed by atoms with E-state index >= 15 is 0 Å². The molecule has 4 N–H and O–H groups in total. The number of nitrogens with one attached hydrogen (secondary N) is 2. The maximum atomic E-state index is 12.6. The van der Waals surface area contributed by atoms with Gasteiger partial charge in [0.25, 0.3) is 16.8 Å². The van der Waals surface area contributed by atoms with Crippen LogP contribution in [-0.2, 0) is 6.61 Å². The standard InChI is InChI=1S/C24H29N5O5S/c1-12-15(27-14(11-30)35-12)22(24(2)8-5-6-9-24)28-17-16(20(32)21(17)33)26-13-7-10-25-18(19(13)31)23(34)29(3)4/h7,10,22,28,30-31H,5-6,8-9,11H2,1-4H3,(H,25,26). The molecule has 1 saturated carbocycles. The van der Waals surface area contributed by atoms with E-state index in [1.807, 2.05) is 6.92 Å². The Morgan fingerprint density at radius 1 is 1.23 bits per heavy atom. The zero-order valence-corrected chi connectivity index (χ0v) is 21.0. The number of anilines is 3. The summed E-state index contributed by atoms with van der Waals surface area (Å²) in [6.07, 6.45) is 5.30. The number of carbonyl (C=O) groups is 1. The molecule has 2 heterocycles. The number of aliphatic hydroxyl groups excluding tert-OH is 1. The van der Waals surface area contributed by atoms with Crippen LogP contribution in [0.15, 0.2) is 21.9 Å². The summed E-state index contributed by atoms with van der Waals surface area (Å²) in [5.74, 6) is -0.908. The molecular formula is C24H29N5O5S. The lowest BCUT2D eigenvalue weighted by Crippen LogP contribution is -2.40. The molecule has 4 rings (SSSR count). The predicted octanol–water partition coefficient (Wildman–Crippen LogP) is 2.82. The highest BCUT2D eigenvalue weighted by Crippen LogP contribution is 2.50. The molecule has 1 fully saturated rings. The van der Waals surface area contributed by atoms with Gasteiger partial charge >= 0.3 is 0 Å². The number of aryl methyl sites for hydroxylation is 1. The minimum absolute atomic E-state index is 0.0154. The van der Waals surface area contributed by atoms with Gasteiger partial charge in [0, 0.05) is 25.2 Å². The van der Waals surface area contributed by atoms with E-state index in [0.29, 0.717) is 5.01 Å². The Balaban J connectivity index is 1.71. The molecule has 0 spiro atoms. The molecule has 186 valence electrons. The van der Waals surface area contributed by atoms with Crippen LogP contribution in [0.2, 0.25) is 0 Å². The van der Waals surface area contributed by atoms with Crippen LogP contribution < -0.4 is 21.5 Å². The lowest BCUT2D eigenvalue weighted by molar-refractivity contribution is 0.0819. The minimum Gasteiger partial charge on any atom is -0.504 e. The van der Waals surface area contributed by atoms with Crippen molar-refractivity contribution < 1.29 is 15.0 Å². The van der Waals surface area contributed by atoms with Crippen LogP contribution in [0.5, 0.6) is 5.75 Å². The molecular weight excluding hydrogens is 470 g/mol. The fourth-order valence-electron chi connectivity index (χ4n) is 4.70. The number of amides is 1. The lowest BCUT2D eigenvalue weighted by Gasteiger charge is -2.35. The molecule has 1 aliphatic carbocycles. The second-order valence-corrected chi connectivity index (χ2v) is 10.7. The van der Waals surface area contributed by atoms with E-state index < -0.39 is 22.5 Å². The summed E-state index contributed by atoms with van der Waals surface area (Å²) in [6.45, 7) is 3.90. The SMILES string of the molecule is Cc1sc(CO)nc1C(Nc1c(Nc2ccnc(C(=O)N(C)C)c2O)c(=O)c1=O)C1(C)CCCC1. The zero-order valence-electron chi connectivity index (χ0n) is 20.1. The van der Waals surface area contributed by atoms with Crippen molar-refractivity contribution in [2.24, 2.45) is 5.41 Å². The number of nitrogens with zero attached hydrogens (tertiary/aromatic N) is 3. The van der Waals surface area contributed by atoms with Crippen molar-refractivity contribution in [2.75, 3.05) is 24.7 Å². The number of pyridine rings is 1. The molecule has 1 amide bonds. The van der Waals surface area contributed by atoms with Crippen LogP contribution >= 0.6 is 11.3 Å². The van der Waals surface area contributed by atoms with E-state index in [0.717, 1.165) is 36.3 Å².